The van der Waals surface area contributed by atoms with Crippen LogP contribution >= 0.6 is 11.3 Å². The Kier molecular flexibility index (Phi) is 2.74. The van der Waals surface area contributed by atoms with E-state index >= 15 is 0 Å². The Morgan fingerprint density at radius 3 is 2.95 bits per heavy atom. The van der Waals surface area contributed by atoms with Gasteiger partial charge in [0.25, 0.3) is 0 Å². The Bertz CT molecular complexity index is 661. The number of nitrogens with zero attached hydrogens (tertiary/aromatic N) is 1. The summed E-state index contributed by atoms with van der Waals surface area (Å²) in [4.78, 5) is 27.0. The van der Waals surface area contributed by atoms with Crippen molar-refractivity contribution in [2.24, 2.45) is 0 Å². The molecule has 5 nitrogen and oxygen atoms in total. The highest BCUT2D eigenvalue weighted by Gasteiger charge is 2.43. The molecule has 0 atom stereocenters. The van der Waals surface area contributed by atoms with Crippen molar-refractivity contribution in [3.05, 3.63) is 23.8 Å². The van der Waals surface area contributed by atoms with Crippen LogP contribution in [-0.4, -0.2) is 29.9 Å². The molecule has 19 heavy (non-hydrogen) atoms. The van der Waals surface area contributed by atoms with E-state index in [9.17, 15) is 9.59 Å². The van der Waals surface area contributed by atoms with Crippen LogP contribution in [-0.2, 0) is 9.53 Å². The van der Waals surface area contributed by atoms with Crippen molar-refractivity contribution in [2.45, 2.75) is 18.4 Å². The Labute approximate surface area is 113 Å². The second kappa shape index (κ2) is 4.31. The summed E-state index contributed by atoms with van der Waals surface area (Å²) < 4.78 is 5.53. The molecule has 0 bridgehead atoms. The van der Waals surface area contributed by atoms with E-state index in [0.717, 1.165) is 29.3 Å². The number of anilines is 1. The van der Waals surface area contributed by atoms with Crippen LogP contribution in [0, 0.1) is 0 Å². The zero-order chi connectivity index (χ0) is 13.5. The third-order valence-corrected chi connectivity index (χ3v) is 4.21. The van der Waals surface area contributed by atoms with Crippen LogP contribution in [0.2, 0.25) is 0 Å². The lowest BCUT2D eigenvalue weighted by Crippen LogP contribution is -2.22. The Morgan fingerprint density at radius 1 is 1.53 bits per heavy atom. The fourth-order valence-electron chi connectivity index (χ4n) is 1.89. The molecule has 98 valence electrons. The zero-order valence-electron chi connectivity index (χ0n) is 10.3. The second-order valence-electron chi connectivity index (χ2n) is 4.56. The number of esters is 1. The molecule has 1 aliphatic rings. The van der Waals surface area contributed by atoms with Crippen molar-refractivity contribution >= 4 is 38.9 Å². The SMILES string of the molecule is COC(=O)c1cccc2nc(NC3(C=O)CC3)sc12. The van der Waals surface area contributed by atoms with Gasteiger partial charge in [0, 0.05) is 0 Å². The van der Waals surface area contributed by atoms with Gasteiger partial charge in [-0.2, -0.15) is 0 Å². The largest absolute Gasteiger partial charge is 0.465 e. The van der Waals surface area contributed by atoms with Crippen molar-refractivity contribution in [3.63, 3.8) is 0 Å². The molecule has 0 unspecified atom stereocenters. The van der Waals surface area contributed by atoms with E-state index in [1.54, 1.807) is 12.1 Å². The van der Waals surface area contributed by atoms with Gasteiger partial charge in [-0.3, -0.25) is 0 Å². The van der Waals surface area contributed by atoms with E-state index in [4.69, 9.17) is 4.74 Å². The predicted molar refractivity (Wildman–Crippen MR) is 72.6 cm³/mol. The number of fused-ring (bicyclic) bond motifs is 1. The van der Waals surface area contributed by atoms with Gasteiger partial charge in [-0.1, -0.05) is 17.4 Å². The minimum Gasteiger partial charge on any atom is -0.465 e. The molecule has 2 aromatic rings. The third kappa shape index (κ3) is 2.08. The van der Waals surface area contributed by atoms with E-state index in [1.807, 2.05) is 6.07 Å². The van der Waals surface area contributed by atoms with E-state index in [-0.39, 0.29) is 5.97 Å². The molecule has 1 saturated carbocycles. The van der Waals surface area contributed by atoms with Gasteiger partial charge in [-0.05, 0) is 25.0 Å². The lowest BCUT2D eigenvalue weighted by atomic mass is 10.2. The van der Waals surface area contributed by atoms with Crippen LogP contribution in [0.1, 0.15) is 23.2 Å². The van der Waals surface area contributed by atoms with Gasteiger partial charge < -0.3 is 14.8 Å². The number of hydrogen-bond donors (Lipinski definition) is 1. The standard InChI is InChI=1S/C13H12N2O3S/c1-18-11(17)8-3-2-4-9-10(8)19-12(14-9)15-13(7-16)5-6-13/h2-4,7H,5-6H2,1H3,(H,14,15). The Morgan fingerprint density at radius 2 is 2.32 bits per heavy atom. The Balaban J connectivity index is 2.01. The number of nitrogens with one attached hydrogen (secondary N) is 1. The highest BCUT2D eigenvalue weighted by Crippen LogP contribution is 2.39. The summed E-state index contributed by atoms with van der Waals surface area (Å²) in [5.41, 5.74) is 0.790. The van der Waals surface area contributed by atoms with Gasteiger partial charge >= 0.3 is 5.97 Å². The minimum absolute atomic E-state index is 0.377. The summed E-state index contributed by atoms with van der Waals surface area (Å²) in [6.07, 6.45) is 2.59. The first kappa shape index (κ1) is 12.1. The highest BCUT2D eigenvalue weighted by atomic mass is 32.1. The number of thiazole rings is 1. The number of carbonyl (C=O) groups excluding carboxylic acids is 2. The number of carbonyl (C=O) groups is 2. The fourth-order valence-corrected chi connectivity index (χ4v) is 2.96. The maximum Gasteiger partial charge on any atom is 0.339 e. The molecule has 0 saturated heterocycles. The van der Waals surface area contributed by atoms with Gasteiger partial charge in [0.15, 0.2) is 5.13 Å². The summed E-state index contributed by atoms with van der Waals surface area (Å²) >= 11 is 1.37. The van der Waals surface area contributed by atoms with Crippen LogP contribution < -0.4 is 5.32 Å². The lowest BCUT2D eigenvalue weighted by Gasteiger charge is -2.06. The van der Waals surface area contributed by atoms with Gasteiger partial charge in [0.1, 0.15) is 6.29 Å². The number of hydrogen-bond acceptors (Lipinski definition) is 6. The van der Waals surface area contributed by atoms with Crippen molar-refractivity contribution in [3.8, 4) is 0 Å². The molecule has 0 amide bonds. The van der Waals surface area contributed by atoms with Crippen LogP contribution in [0.25, 0.3) is 10.2 Å². The van der Waals surface area contributed by atoms with Crippen LogP contribution in [0.4, 0.5) is 5.13 Å². The van der Waals surface area contributed by atoms with Crippen molar-refractivity contribution in [1.82, 2.24) is 4.98 Å². The molecule has 1 N–H and O–H groups in total. The van der Waals surface area contributed by atoms with E-state index in [1.165, 1.54) is 18.4 Å². The average Bonchev–Trinajstić information content (AvgIpc) is 3.08. The van der Waals surface area contributed by atoms with E-state index < -0.39 is 5.54 Å². The first-order valence-corrected chi connectivity index (χ1v) is 6.71. The maximum atomic E-state index is 11.7. The molecule has 3 rings (SSSR count). The number of benzene rings is 1. The summed E-state index contributed by atoms with van der Waals surface area (Å²) in [6, 6.07) is 5.32. The first-order chi connectivity index (χ1) is 9.17. The van der Waals surface area contributed by atoms with Crippen LogP contribution in [0.3, 0.4) is 0 Å². The normalized spacial score (nSPS) is 16.1. The molecule has 1 aromatic carbocycles. The van der Waals surface area contributed by atoms with Crippen LogP contribution in [0.15, 0.2) is 18.2 Å². The van der Waals surface area contributed by atoms with E-state index in [0.29, 0.717) is 10.7 Å². The molecule has 0 radical (unpaired) electrons. The quantitative estimate of drug-likeness (QED) is 0.685. The molecule has 0 aliphatic heterocycles. The fraction of sp³-hybridized carbons (Fsp3) is 0.308. The van der Waals surface area contributed by atoms with Gasteiger partial charge in [0.2, 0.25) is 0 Å². The van der Waals surface area contributed by atoms with Gasteiger partial charge in [-0.15, -0.1) is 0 Å². The number of ether oxygens (including phenoxy) is 1. The molecule has 1 aliphatic carbocycles. The predicted octanol–water partition coefficient (Wildman–Crippen LogP) is 2.23. The molecular weight excluding hydrogens is 264 g/mol. The maximum absolute atomic E-state index is 11.7. The summed E-state index contributed by atoms with van der Waals surface area (Å²) in [6.45, 7) is 0. The Hall–Kier alpha value is -1.95. The second-order valence-corrected chi connectivity index (χ2v) is 5.56. The summed E-state index contributed by atoms with van der Waals surface area (Å²) in [5, 5.41) is 3.80. The smallest absolute Gasteiger partial charge is 0.339 e. The molecule has 6 heteroatoms. The van der Waals surface area contributed by atoms with Gasteiger partial charge in [-0.25, -0.2) is 9.78 Å². The molecule has 1 heterocycles. The number of aromatic nitrogens is 1. The van der Waals surface area contributed by atoms with Crippen molar-refractivity contribution in [1.29, 1.82) is 0 Å². The van der Waals surface area contributed by atoms with Crippen LogP contribution in [0.5, 0.6) is 0 Å². The monoisotopic (exact) mass is 276 g/mol. The molecule has 1 fully saturated rings. The number of methoxy groups -OCH3 is 1. The zero-order valence-corrected chi connectivity index (χ0v) is 11.1. The number of rotatable bonds is 4. The molecule has 0 spiro atoms. The average molecular weight is 276 g/mol. The molecule has 1 aromatic heterocycles. The summed E-state index contributed by atoms with van der Waals surface area (Å²) in [7, 11) is 1.35. The summed E-state index contributed by atoms with van der Waals surface area (Å²) in [5.74, 6) is -0.377. The minimum atomic E-state index is -0.445. The van der Waals surface area contributed by atoms with Crippen molar-refractivity contribution in [2.75, 3.05) is 12.4 Å². The van der Waals surface area contributed by atoms with Crippen molar-refractivity contribution < 1.29 is 14.3 Å². The molecular formula is C13H12N2O3S. The first-order valence-electron chi connectivity index (χ1n) is 5.90. The van der Waals surface area contributed by atoms with Gasteiger partial charge in [0.05, 0.1) is 28.4 Å². The van der Waals surface area contributed by atoms with E-state index in [2.05, 4.69) is 10.3 Å². The third-order valence-electron chi connectivity index (χ3n) is 3.19. The topological polar surface area (TPSA) is 68.3 Å². The highest BCUT2D eigenvalue weighted by molar-refractivity contribution is 7.22. The lowest BCUT2D eigenvalue weighted by molar-refractivity contribution is -0.109. The number of aldehydes is 1.